The maximum absolute atomic E-state index is 5.22. The molecular weight excluding hydrogens is 176 g/mol. The van der Waals surface area contributed by atoms with Crippen LogP contribution in [-0.4, -0.2) is 11.5 Å². The van der Waals surface area contributed by atoms with Crippen LogP contribution in [0, 0.1) is 0 Å². The Morgan fingerprint density at radius 2 is 2.36 bits per heavy atom. The summed E-state index contributed by atoms with van der Waals surface area (Å²) in [5, 5.41) is 3.35. The van der Waals surface area contributed by atoms with Crippen molar-refractivity contribution >= 4 is 0 Å². The summed E-state index contributed by atoms with van der Waals surface area (Å²) in [7, 11) is 0. The molecule has 0 saturated carbocycles. The molecule has 74 valence electrons. The summed E-state index contributed by atoms with van der Waals surface area (Å²) in [5.74, 6) is 1.03. The Morgan fingerprint density at radius 1 is 1.36 bits per heavy atom. The maximum atomic E-state index is 5.22. The van der Waals surface area contributed by atoms with Gasteiger partial charge >= 0.3 is 0 Å². The average Bonchev–Trinajstić information content (AvgIpc) is 2.86. The van der Waals surface area contributed by atoms with Crippen molar-refractivity contribution in [3.8, 4) is 0 Å². The van der Waals surface area contributed by atoms with Crippen LogP contribution >= 0.6 is 0 Å². The Hall–Kier alpha value is -1.48. The maximum Gasteiger partial charge on any atom is 0.105 e. The van der Waals surface area contributed by atoms with E-state index in [4.69, 9.17) is 4.42 Å². The molecule has 2 rings (SSSR count). The first-order valence-electron chi connectivity index (χ1n) is 4.80. The summed E-state index contributed by atoms with van der Waals surface area (Å²) >= 11 is 0. The number of aromatic nitrogens is 1. The van der Waals surface area contributed by atoms with Crippen LogP contribution in [0.3, 0.4) is 0 Å². The van der Waals surface area contributed by atoms with Crippen molar-refractivity contribution in [2.75, 3.05) is 6.54 Å². The molecular formula is C11H14N2O. The molecule has 0 aliphatic heterocycles. The average molecular weight is 190 g/mol. The van der Waals surface area contributed by atoms with E-state index >= 15 is 0 Å². The molecule has 0 aliphatic carbocycles. The zero-order valence-electron chi connectivity index (χ0n) is 7.99. The molecule has 0 bridgehead atoms. The number of hydrogen-bond donors (Lipinski definition) is 2. The fourth-order valence-corrected chi connectivity index (χ4v) is 1.37. The van der Waals surface area contributed by atoms with Gasteiger partial charge in [0.1, 0.15) is 5.76 Å². The van der Waals surface area contributed by atoms with E-state index in [1.807, 2.05) is 24.5 Å². The van der Waals surface area contributed by atoms with Gasteiger partial charge in [-0.15, -0.1) is 0 Å². The number of furan rings is 1. The summed E-state index contributed by atoms with van der Waals surface area (Å²) in [6.07, 6.45) is 6.59. The number of H-pyrrole nitrogens is 1. The van der Waals surface area contributed by atoms with Crippen molar-refractivity contribution < 1.29 is 4.42 Å². The van der Waals surface area contributed by atoms with E-state index in [9.17, 15) is 0 Å². The Morgan fingerprint density at radius 3 is 3.07 bits per heavy atom. The van der Waals surface area contributed by atoms with Crippen LogP contribution in [0.25, 0.3) is 0 Å². The highest BCUT2D eigenvalue weighted by Gasteiger charge is 1.95. The molecule has 0 unspecified atom stereocenters. The summed E-state index contributed by atoms with van der Waals surface area (Å²) in [4.78, 5) is 3.03. The van der Waals surface area contributed by atoms with Gasteiger partial charge in [-0.05, 0) is 23.8 Å². The lowest BCUT2D eigenvalue weighted by Crippen LogP contribution is -2.15. The Balaban J connectivity index is 1.65. The standard InChI is InChI=1S/C11H14N2O/c1-2-11(14-7-1)4-6-13-9-10-3-5-12-8-10/h1-3,5,7-8,12-13H,4,6,9H2. The molecule has 2 aromatic rings. The highest BCUT2D eigenvalue weighted by molar-refractivity contribution is 5.07. The first-order valence-corrected chi connectivity index (χ1v) is 4.80. The number of rotatable bonds is 5. The molecule has 0 aromatic carbocycles. The molecule has 3 heteroatoms. The van der Waals surface area contributed by atoms with Crippen molar-refractivity contribution in [3.05, 3.63) is 48.2 Å². The van der Waals surface area contributed by atoms with Gasteiger partial charge in [0.25, 0.3) is 0 Å². The second kappa shape index (κ2) is 4.67. The van der Waals surface area contributed by atoms with Crippen LogP contribution in [0.15, 0.2) is 41.3 Å². The minimum absolute atomic E-state index is 0.907. The third-order valence-corrected chi connectivity index (χ3v) is 2.12. The lowest BCUT2D eigenvalue weighted by Gasteiger charge is -2.00. The summed E-state index contributed by atoms with van der Waals surface area (Å²) in [6, 6.07) is 5.99. The molecule has 2 N–H and O–H groups in total. The Kier molecular flexibility index (Phi) is 3.03. The minimum Gasteiger partial charge on any atom is -0.469 e. The van der Waals surface area contributed by atoms with E-state index in [1.54, 1.807) is 6.26 Å². The normalized spacial score (nSPS) is 10.6. The largest absolute Gasteiger partial charge is 0.469 e. The summed E-state index contributed by atoms with van der Waals surface area (Å²) in [5.41, 5.74) is 1.28. The Bertz CT molecular complexity index is 301. The van der Waals surface area contributed by atoms with Crippen LogP contribution in [-0.2, 0) is 13.0 Å². The lowest BCUT2D eigenvalue weighted by atomic mass is 10.3. The quantitative estimate of drug-likeness (QED) is 0.707. The monoisotopic (exact) mass is 190 g/mol. The van der Waals surface area contributed by atoms with Crippen molar-refractivity contribution in [1.82, 2.24) is 10.3 Å². The van der Waals surface area contributed by atoms with Gasteiger partial charge in [0.05, 0.1) is 6.26 Å². The van der Waals surface area contributed by atoms with Crippen LogP contribution in [0.5, 0.6) is 0 Å². The predicted molar refractivity (Wildman–Crippen MR) is 54.9 cm³/mol. The molecule has 0 amide bonds. The number of aromatic amines is 1. The van der Waals surface area contributed by atoms with Crippen molar-refractivity contribution in [2.24, 2.45) is 0 Å². The first-order chi connectivity index (χ1) is 6.95. The van der Waals surface area contributed by atoms with Crippen molar-refractivity contribution in [2.45, 2.75) is 13.0 Å². The lowest BCUT2D eigenvalue weighted by molar-refractivity contribution is 0.499. The molecule has 0 fully saturated rings. The molecule has 2 aromatic heterocycles. The Labute approximate surface area is 83.1 Å². The van der Waals surface area contributed by atoms with Crippen molar-refractivity contribution in [1.29, 1.82) is 0 Å². The summed E-state index contributed by atoms with van der Waals surface area (Å²) in [6.45, 7) is 1.85. The van der Waals surface area contributed by atoms with Crippen LogP contribution in [0.1, 0.15) is 11.3 Å². The van der Waals surface area contributed by atoms with Gasteiger partial charge < -0.3 is 14.7 Å². The number of nitrogens with one attached hydrogen (secondary N) is 2. The van der Waals surface area contributed by atoms with Gasteiger partial charge in [-0.3, -0.25) is 0 Å². The van der Waals surface area contributed by atoms with E-state index in [2.05, 4.69) is 16.4 Å². The molecule has 0 aliphatic rings. The second-order valence-electron chi connectivity index (χ2n) is 3.23. The van der Waals surface area contributed by atoms with Gasteiger partial charge in [-0.1, -0.05) is 0 Å². The van der Waals surface area contributed by atoms with Crippen LogP contribution in [0.4, 0.5) is 0 Å². The fraction of sp³-hybridized carbons (Fsp3) is 0.273. The van der Waals surface area contributed by atoms with Gasteiger partial charge in [0.2, 0.25) is 0 Å². The second-order valence-corrected chi connectivity index (χ2v) is 3.23. The van der Waals surface area contributed by atoms with E-state index in [0.29, 0.717) is 0 Å². The molecule has 3 nitrogen and oxygen atoms in total. The molecule has 2 heterocycles. The zero-order valence-corrected chi connectivity index (χ0v) is 7.99. The van der Waals surface area contributed by atoms with E-state index in [0.717, 1.165) is 25.3 Å². The predicted octanol–water partition coefficient (Wildman–Crippen LogP) is 1.94. The summed E-state index contributed by atoms with van der Waals surface area (Å²) < 4.78 is 5.22. The highest BCUT2D eigenvalue weighted by atomic mass is 16.3. The fourth-order valence-electron chi connectivity index (χ4n) is 1.37. The third-order valence-electron chi connectivity index (χ3n) is 2.12. The van der Waals surface area contributed by atoms with E-state index < -0.39 is 0 Å². The molecule has 0 atom stereocenters. The topological polar surface area (TPSA) is 41.0 Å². The minimum atomic E-state index is 0.907. The van der Waals surface area contributed by atoms with E-state index in [1.165, 1.54) is 5.56 Å². The van der Waals surface area contributed by atoms with Gasteiger partial charge in [-0.25, -0.2) is 0 Å². The molecule has 0 spiro atoms. The van der Waals surface area contributed by atoms with Gasteiger partial charge in [0, 0.05) is 31.9 Å². The van der Waals surface area contributed by atoms with Gasteiger partial charge in [0.15, 0.2) is 0 Å². The molecule has 14 heavy (non-hydrogen) atoms. The number of hydrogen-bond acceptors (Lipinski definition) is 2. The third kappa shape index (κ3) is 2.50. The molecule has 0 radical (unpaired) electrons. The van der Waals surface area contributed by atoms with Crippen LogP contribution < -0.4 is 5.32 Å². The zero-order chi connectivity index (χ0) is 9.64. The molecule has 0 saturated heterocycles. The highest BCUT2D eigenvalue weighted by Crippen LogP contribution is 2.00. The van der Waals surface area contributed by atoms with Crippen LogP contribution in [0.2, 0.25) is 0 Å². The smallest absolute Gasteiger partial charge is 0.105 e. The SMILES string of the molecule is c1coc(CCNCc2cc[nH]c2)c1. The first kappa shape index (κ1) is 9.09. The van der Waals surface area contributed by atoms with Gasteiger partial charge in [-0.2, -0.15) is 0 Å². The van der Waals surface area contributed by atoms with Crippen molar-refractivity contribution in [3.63, 3.8) is 0 Å². The van der Waals surface area contributed by atoms with E-state index in [-0.39, 0.29) is 0 Å².